The average molecular weight is 227 g/mol. The number of pyridine rings is 2. The lowest BCUT2D eigenvalue weighted by atomic mass is 10.2. The number of nitrogens with one attached hydrogen (secondary N) is 1. The second-order valence-corrected chi connectivity index (χ2v) is 4.15. The standard InChI is InChI=1S/C14H17N3/c1-12-8-14(11-17-9-12)10-16-7-4-13-2-5-15-6-3-13/h2-3,5-6,8-9,11,16H,4,7,10H2,1H3. The van der Waals surface area contributed by atoms with Crippen molar-refractivity contribution >= 4 is 0 Å². The van der Waals surface area contributed by atoms with Gasteiger partial charge in [0.25, 0.3) is 0 Å². The largest absolute Gasteiger partial charge is 0.312 e. The van der Waals surface area contributed by atoms with Crippen molar-refractivity contribution in [1.82, 2.24) is 15.3 Å². The van der Waals surface area contributed by atoms with Crippen LogP contribution >= 0.6 is 0 Å². The topological polar surface area (TPSA) is 37.8 Å². The normalized spacial score (nSPS) is 10.4. The second-order valence-electron chi connectivity index (χ2n) is 4.15. The zero-order chi connectivity index (χ0) is 11.9. The summed E-state index contributed by atoms with van der Waals surface area (Å²) < 4.78 is 0. The summed E-state index contributed by atoms with van der Waals surface area (Å²) in [5.41, 5.74) is 3.76. The Labute approximate surface area is 102 Å². The molecule has 2 aromatic rings. The van der Waals surface area contributed by atoms with Crippen LogP contribution in [0.1, 0.15) is 16.7 Å². The zero-order valence-corrected chi connectivity index (χ0v) is 10.1. The molecule has 0 bridgehead atoms. The van der Waals surface area contributed by atoms with E-state index in [-0.39, 0.29) is 0 Å². The maximum absolute atomic E-state index is 4.17. The van der Waals surface area contributed by atoms with E-state index in [1.807, 2.05) is 24.8 Å². The van der Waals surface area contributed by atoms with Crippen molar-refractivity contribution in [3.63, 3.8) is 0 Å². The van der Waals surface area contributed by atoms with Crippen LogP contribution in [0.15, 0.2) is 43.0 Å². The first-order chi connectivity index (χ1) is 8.34. The molecule has 0 aliphatic rings. The van der Waals surface area contributed by atoms with Crippen LogP contribution < -0.4 is 5.32 Å². The molecule has 0 atom stereocenters. The van der Waals surface area contributed by atoms with E-state index in [2.05, 4.69) is 40.4 Å². The van der Waals surface area contributed by atoms with Crippen LogP contribution in [0.3, 0.4) is 0 Å². The monoisotopic (exact) mass is 227 g/mol. The average Bonchev–Trinajstić information content (AvgIpc) is 2.36. The minimum absolute atomic E-state index is 0.875. The Kier molecular flexibility index (Phi) is 4.22. The molecule has 0 spiro atoms. The number of aromatic nitrogens is 2. The first-order valence-corrected chi connectivity index (χ1v) is 5.85. The van der Waals surface area contributed by atoms with Gasteiger partial charge in [0.2, 0.25) is 0 Å². The summed E-state index contributed by atoms with van der Waals surface area (Å²) in [5, 5.41) is 3.42. The van der Waals surface area contributed by atoms with Crippen LogP contribution in [-0.2, 0) is 13.0 Å². The van der Waals surface area contributed by atoms with Gasteiger partial charge in [-0.15, -0.1) is 0 Å². The first kappa shape index (κ1) is 11.7. The molecule has 2 heterocycles. The van der Waals surface area contributed by atoms with E-state index in [0.29, 0.717) is 0 Å². The number of aryl methyl sites for hydroxylation is 1. The molecule has 17 heavy (non-hydrogen) atoms. The number of hydrogen-bond acceptors (Lipinski definition) is 3. The van der Waals surface area contributed by atoms with Gasteiger partial charge >= 0.3 is 0 Å². The zero-order valence-electron chi connectivity index (χ0n) is 10.1. The molecule has 0 unspecified atom stereocenters. The summed E-state index contributed by atoms with van der Waals surface area (Å²) in [6.45, 7) is 3.91. The van der Waals surface area contributed by atoms with E-state index in [9.17, 15) is 0 Å². The quantitative estimate of drug-likeness (QED) is 0.795. The van der Waals surface area contributed by atoms with Gasteiger partial charge in [-0.05, 0) is 48.7 Å². The van der Waals surface area contributed by atoms with Crippen molar-refractivity contribution in [3.05, 3.63) is 59.7 Å². The summed E-state index contributed by atoms with van der Waals surface area (Å²) in [6, 6.07) is 6.26. The van der Waals surface area contributed by atoms with Crippen LogP contribution in [0.5, 0.6) is 0 Å². The molecule has 2 rings (SSSR count). The van der Waals surface area contributed by atoms with Gasteiger partial charge in [-0.25, -0.2) is 0 Å². The third-order valence-corrected chi connectivity index (χ3v) is 2.60. The Morgan fingerprint density at radius 3 is 2.65 bits per heavy atom. The lowest BCUT2D eigenvalue weighted by molar-refractivity contribution is 0.684. The highest BCUT2D eigenvalue weighted by Crippen LogP contribution is 2.01. The molecule has 0 saturated carbocycles. The summed E-state index contributed by atoms with van der Waals surface area (Å²) in [6.07, 6.45) is 8.48. The number of rotatable bonds is 5. The van der Waals surface area contributed by atoms with Gasteiger partial charge in [0.05, 0.1) is 0 Å². The minimum Gasteiger partial charge on any atom is -0.312 e. The Balaban J connectivity index is 1.73. The van der Waals surface area contributed by atoms with E-state index < -0.39 is 0 Å². The van der Waals surface area contributed by atoms with Crippen LogP contribution in [0.2, 0.25) is 0 Å². The molecule has 0 aliphatic heterocycles. The van der Waals surface area contributed by atoms with Gasteiger partial charge in [-0.1, -0.05) is 6.07 Å². The van der Waals surface area contributed by atoms with Gasteiger partial charge < -0.3 is 5.32 Å². The molecule has 1 N–H and O–H groups in total. The van der Waals surface area contributed by atoms with Crippen LogP contribution in [0.25, 0.3) is 0 Å². The Morgan fingerprint density at radius 1 is 1.06 bits per heavy atom. The highest BCUT2D eigenvalue weighted by Gasteiger charge is 1.95. The van der Waals surface area contributed by atoms with Gasteiger partial charge in [-0.3, -0.25) is 9.97 Å². The summed E-state index contributed by atoms with van der Waals surface area (Å²) >= 11 is 0. The summed E-state index contributed by atoms with van der Waals surface area (Å²) in [5.74, 6) is 0. The SMILES string of the molecule is Cc1cncc(CNCCc2ccncc2)c1. The van der Waals surface area contributed by atoms with Crippen molar-refractivity contribution in [2.45, 2.75) is 19.9 Å². The maximum atomic E-state index is 4.17. The summed E-state index contributed by atoms with van der Waals surface area (Å²) in [7, 11) is 0. The van der Waals surface area contributed by atoms with Gasteiger partial charge in [0, 0.05) is 31.3 Å². The minimum atomic E-state index is 0.875. The van der Waals surface area contributed by atoms with Gasteiger partial charge in [0.1, 0.15) is 0 Å². The fraction of sp³-hybridized carbons (Fsp3) is 0.286. The van der Waals surface area contributed by atoms with Crippen molar-refractivity contribution < 1.29 is 0 Å². The highest BCUT2D eigenvalue weighted by molar-refractivity contribution is 5.16. The predicted molar refractivity (Wildman–Crippen MR) is 68.6 cm³/mol. The molecule has 88 valence electrons. The molecule has 2 aromatic heterocycles. The lowest BCUT2D eigenvalue weighted by Gasteiger charge is -2.05. The summed E-state index contributed by atoms with van der Waals surface area (Å²) in [4.78, 5) is 8.18. The molecule has 0 amide bonds. The Morgan fingerprint density at radius 2 is 1.88 bits per heavy atom. The number of hydrogen-bond donors (Lipinski definition) is 1. The molecule has 0 aromatic carbocycles. The van der Waals surface area contributed by atoms with Crippen LogP contribution in [0.4, 0.5) is 0 Å². The molecule has 0 fully saturated rings. The molecule has 0 aliphatic carbocycles. The Bertz CT molecular complexity index is 454. The molecular weight excluding hydrogens is 210 g/mol. The Hall–Kier alpha value is -1.74. The molecule has 3 nitrogen and oxygen atoms in total. The van der Waals surface area contributed by atoms with Crippen molar-refractivity contribution in [2.75, 3.05) is 6.54 Å². The maximum Gasteiger partial charge on any atom is 0.0313 e. The highest BCUT2D eigenvalue weighted by atomic mass is 14.8. The smallest absolute Gasteiger partial charge is 0.0313 e. The van der Waals surface area contributed by atoms with E-state index in [4.69, 9.17) is 0 Å². The molecule has 3 heteroatoms. The van der Waals surface area contributed by atoms with E-state index in [1.165, 1.54) is 16.7 Å². The van der Waals surface area contributed by atoms with E-state index >= 15 is 0 Å². The third-order valence-electron chi connectivity index (χ3n) is 2.60. The van der Waals surface area contributed by atoms with Crippen molar-refractivity contribution in [3.8, 4) is 0 Å². The van der Waals surface area contributed by atoms with E-state index in [1.54, 1.807) is 0 Å². The molecular formula is C14H17N3. The fourth-order valence-electron chi connectivity index (χ4n) is 1.73. The third kappa shape index (κ3) is 3.96. The lowest BCUT2D eigenvalue weighted by Crippen LogP contribution is -2.16. The first-order valence-electron chi connectivity index (χ1n) is 5.85. The van der Waals surface area contributed by atoms with Crippen molar-refractivity contribution in [1.29, 1.82) is 0 Å². The van der Waals surface area contributed by atoms with Crippen molar-refractivity contribution in [2.24, 2.45) is 0 Å². The van der Waals surface area contributed by atoms with Gasteiger partial charge in [0.15, 0.2) is 0 Å². The fourth-order valence-corrected chi connectivity index (χ4v) is 1.73. The molecule has 0 saturated heterocycles. The molecule has 0 radical (unpaired) electrons. The predicted octanol–water partition coefficient (Wildman–Crippen LogP) is 2.12. The second kappa shape index (κ2) is 6.11. The number of nitrogens with zero attached hydrogens (tertiary/aromatic N) is 2. The van der Waals surface area contributed by atoms with Gasteiger partial charge in [-0.2, -0.15) is 0 Å². The van der Waals surface area contributed by atoms with E-state index in [0.717, 1.165) is 19.5 Å². The van der Waals surface area contributed by atoms with Crippen LogP contribution in [0, 0.1) is 6.92 Å². The van der Waals surface area contributed by atoms with Crippen LogP contribution in [-0.4, -0.2) is 16.5 Å².